The fraction of sp³-hybridized carbons (Fsp3) is 0.579. The van der Waals surface area contributed by atoms with E-state index in [9.17, 15) is 0 Å². The first-order valence-corrected chi connectivity index (χ1v) is 10.9. The van der Waals surface area contributed by atoms with E-state index >= 15 is 0 Å². The topological polar surface area (TPSA) is 9.23 Å². The lowest BCUT2D eigenvalue weighted by Gasteiger charge is -2.01. The molecule has 126 valence electrons. The van der Waals surface area contributed by atoms with Crippen LogP contribution in [0.3, 0.4) is 0 Å². The molecule has 0 aromatic heterocycles. The van der Waals surface area contributed by atoms with Crippen LogP contribution in [0, 0.1) is 0 Å². The van der Waals surface area contributed by atoms with Crippen LogP contribution in [0.15, 0.2) is 47.1 Å². The zero-order valence-corrected chi connectivity index (χ0v) is 17.0. The lowest BCUT2D eigenvalue weighted by atomic mass is 10.1. The molecule has 0 N–H and O–H groups in total. The Balaban J connectivity index is 3.78. The van der Waals surface area contributed by atoms with Gasteiger partial charge in [-0.3, -0.25) is 0 Å². The van der Waals surface area contributed by atoms with Crippen molar-refractivity contribution in [3.8, 4) is 0 Å². The molecular formula is C19H34OP2. The van der Waals surface area contributed by atoms with E-state index in [1.54, 1.807) is 0 Å². The summed E-state index contributed by atoms with van der Waals surface area (Å²) in [5, 5.41) is 0. The van der Waals surface area contributed by atoms with Crippen molar-refractivity contribution in [3.05, 3.63) is 47.1 Å². The molecule has 0 radical (unpaired) electrons. The highest BCUT2D eigenvalue weighted by Crippen LogP contribution is 2.20. The Labute approximate surface area is 142 Å². The Kier molecular flexibility index (Phi) is 15.5. The molecule has 22 heavy (non-hydrogen) atoms. The van der Waals surface area contributed by atoms with Crippen molar-refractivity contribution < 1.29 is 4.52 Å². The third-order valence-electron chi connectivity index (χ3n) is 3.38. The normalized spacial score (nSPS) is 13.5. The average Bonchev–Trinajstić information content (AvgIpc) is 2.46. The second-order valence-electron chi connectivity index (χ2n) is 5.94. The van der Waals surface area contributed by atoms with E-state index in [1.165, 1.54) is 42.4 Å². The molecule has 0 spiro atoms. The predicted molar refractivity (Wildman–Crippen MR) is 108 cm³/mol. The van der Waals surface area contributed by atoms with Gasteiger partial charge in [0.15, 0.2) is 0 Å². The minimum atomic E-state index is 0.506. The van der Waals surface area contributed by atoms with Crippen LogP contribution < -0.4 is 0 Å². The van der Waals surface area contributed by atoms with Gasteiger partial charge in [0.1, 0.15) is 0 Å². The van der Waals surface area contributed by atoms with Gasteiger partial charge < -0.3 is 4.52 Å². The van der Waals surface area contributed by atoms with Crippen LogP contribution in [0.5, 0.6) is 0 Å². The van der Waals surface area contributed by atoms with Crippen molar-refractivity contribution in [1.82, 2.24) is 0 Å². The highest BCUT2D eigenvalue weighted by molar-refractivity contribution is 8.00. The molecule has 0 rings (SSSR count). The summed E-state index contributed by atoms with van der Waals surface area (Å²) in [6.45, 7) is 9.56. The summed E-state index contributed by atoms with van der Waals surface area (Å²) in [7, 11) is 3.10. The number of rotatable bonds is 12. The maximum Gasteiger partial charge on any atom is 0.0691 e. The van der Waals surface area contributed by atoms with Gasteiger partial charge in [-0.05, 0) is 66.2 Å². The molecule has 0 saturated carbocycles. The van der Waals surface area contributed by atoms with E-state index in [0.29, 0.717) is 8.50 Å². The summed E-state index contributed by atoms with van der Waals surface area (Å²) < 4.78 is 5.26. The van der Waals surface area contributed by atoms with Gasteiger partial charge in [-0.1, -0.05) is 56.0 Å². The zero-order valence-electron chi connectivity index (χ0n) is 14.8. The lowest BCUT2D eigenvalue weighted by Crippen LogP contribution is -1.81. The summed E-state index contributed by atoms with van der Waals surface area (Å²) >= 11 is 0. The maximum absolute atomic E-state index is 5.26. The number of hydrogen-bond donors (Lipinski definition) is 0. The molecule has 0 aromatic carbocycles. The fourth-order valence-corrected chi connectivity index (χ4v) is 2.53. The SMILES string of the molecule is CC(C)=CCC/C(C)=C/CC/C(C)=C/CC/C=C/COPP. The third-order valence-corrected chi connectivity index (χ3v) is 4.21. The van der Waals surface area contributed by atoms with Gasteiger partial charge in [-0.25, -0.2) is 0 Å². The fourth-order valence-electron chi connectivity index (χ4n) is 2.05. The highest BCUT2D eigenvalue weighted by Gasteiger charge is 1.92. The van der Waals surface area contributed by atoms with Crippen molar-refractivity contribution in [2.75, 3.05) is 6.61 Å². The molecule has 3 heteroatoms. The van der Waals surface area contributed by atoms with Gasteiger partial charge in [0.05, 0.1) is 6.61 Å². The molecular weight excluding hydrogens is 306 g/mol. The van der Waals surface area contributed by atoms with Gasteiger partial charge >= 0.3 is 0 Å². The zero-order chi connectivity index (χ0) is 16.6. The van der Waals surface area contributed by atoms with E-state index in [0.717, 1.165) is 19.4 Å². The van der Waals surface area contributed by atoms with Gasteiger partial charge in [0, 0.05) is 8.50 Å². The highest BCUT2D eigenvalue weighted by atomic mass is 32.0. The van der Waals surface area contributed by atoms with Crippen LogP contribution in [0.25, 0.3) is 0 Å². The average molecular weight is 340 g/mol. The number of hydrogen-bond acceptors (Lipinski definition) is 1. The van der Waals surface area contributed by atoms with Crippen LogP contribution >= 0.6 is 17.4 Å². The molecule has 0 fully saturated rings. The molecule has 2 atom stereocenters. The van der Waals surface area contributed by atoms with Gasteiger partial charge in [-0.15, -0.1) is 0 Å². The molecule has 0 aliphatic rings. The maximum atomic E-state index is 5.26. The van der Waals surface area contributed by atoms with Crippen molar-refractivity contribution in [2.45, 2.75) is 66.2 Å². The minimum Gasteiger partial charge on any atom is -0.354 e. The van der Waals surface area contributed by atoms with Crippen molar-refractivity contribution in [2.24, 2.45) is 0 Å². The third kappa shape index (κ3) is 16.2. The van der Waals surface area contributed by atoms with Crippen LogP contribution in [0.2, 0.25) is 0 Å². The van der Waals surface area contributed by atoms with Gasteiger partial charge in [0.2, 0.25) is 0 Å². The van der Waals surface area contributed by atoms with Gasteiger partial charge in [-0.2, -0.15) is 0 Å². The van der Waals surface area contributed by atoms with Crippen LogP contribution in [0.1, 0.15) is 66.2 Å². The second-order valence-corrected chi connectivity index (χ2v) is 7.17. The molecule has 2 unspecified atom stereocenters. The Morgan fingerprint density at radius 3 is 2.00 bits per heavy atom. The molecule has 1 nitrogen and oxygen atoms in total. The van der Waals surface area contributed by atoms with E-state index in [1.807, 2.05) is 0 Å². The molecule has 0 saturated heterocycles. The molecule has 0 heterocycles. The quantitative estimate of drug-likeness (QED) is 0.208. The van der Waals surface area contributed by atoms with Crippen molar-refractivity contribution in [1.29, 1.82) is 0 Å². The Morgan fingerprint density at radius 2 is 1.41 bits per heavy atom. The first-order valence-electron chi connectivity index (χ1n) is 8.23. The number of allylic oxidation sites excluding steroid dienone is 7. The molecule has 0 aliphatic heterocycles. The minimum absolute atomic E-state index is 0.506. The Bertz CT molecular complexity index is 388. The van der Waals surface area contributed by atoms with E-state index < -0.39 is 0 Å². The van der Waals surface area contributed by atoms with E-state index in [4.69, 9.17) is 4.52 Å². The Morgan fingerprint density at radius 1 is 0.818 bits per heavy atom. The standard InChI is InChI=1S/C19H34OP2/c1-17(2)11-9-13-19(4)15-10-14-18(3)12-7-5-6-8-16-20-22-21/h6,8,11-12,15,22H,5,7,9-10,13-14,16,21H2,1-4H3/b8-6+,18-12+,19-15+. The van der Waals surface area contributed by atoms with Crippen LogP contribution in [0.4, 0.5) is 0 Å². The molecule has 0 aromatic rings. The summed E-state index contributed by atoms with van der Waals surface area (Å²) in [5.74, 6) is 0. The summed E-state index contributed by atoms with van der Waals surface area (Å²) in [6.07, 6.45) is 18.4. The summed E-state index contributed by atoms with van der Waals surface area (Å²) in [5.41, 5.74) is 4.44. The lowest BCUT2D eigenvalue weighted by molar-refractivity contribution is 0.423. The van der Waals surface area contributed by atoms with Crippen molar-refractivity contribution >= 4 is 17.4 Å². The van der Waals surface area contributed by atoms with Crippen LogP contribution in [-0.2, 0) is 4.52 Å². The Hall–Kier alpha value is -0.220. The summed E-state index contributed by atoms with van der Waals surface area (Å²) in [6, 6.07) is 0. The van der Waals surface area contributed by atoms with Gasteiger partial charge in [0.25, 0.3) is 0 Å². The first kappa shape index (κ1) is 21.8. The summed E-state index contributed by atoms with van der Waals surface area (Å²) in [4.78, 5) is 0. The number of unbranched alkanes of at least 4 members (excludes halogenated alkanes) is 1. The molecule has 0 bridgehead atoms. The second kappa shape index (κ2) is 15.7. The molecule has 0 amide bonds. The monoisotopic (exact) mass is 340 g/mol. The van der Waals surface area contributed by atoms with Crippen molar-refractivity contribution in [3.63, 3.8) is 0 Å². The van der Waals surface area contributed by atoms with E-state index in [2.05, 4.69) is 67.0 Å². The predicted octanol–water partition coefficient (Wildman–Crippen LogP) is 7.14. The first-order chi connectivity index (χ1) is 10.6. The molecule has 0 aliphatic carbocycles. The smallest absolute Gasteiger partial charge is 0.0691 e. The largest absolute Gasteiger partial charge is 0.354 e. The van der Waals surface area contributed by atoms with Crippen LogP contribution in [-0.4, -0.2) is 6.61 Å². The van der Waals surface area contributed by atoms with E-state index in [-0.39, 0.29) is 0 Å².